The third-order valence-corrected chi connectivity index (χ3v) is 8.39. The molecular weight excluding hydrogens is 580 g/mol. The molecule has 0 radical (unpaired) electrons. The van der Waals surface area contributed by atoms with E-state index in [0.717, 1.165) is 46.5 Å². The Bertz CT molecular complexity index is 1590. The highest BCUT2D eigenvalue weighted by atomic mass is 16.7. The number of carboxylic acid groups (broad SMARTS) is 1. The molecule has 8 heteroatoms. The topological polar surface area (TPSA) is 108 Å². The van der Waals surface area contributed by atoms with Gasteiger partial charge in [-0.1, -0.05) is 97.9 Å². The van der Waals surface area contributed by atoms with Crippen molar-refractivity contribution in [3.05, 3.63) is 131 Å². The van der Waals surface area contributed by atoms with Crippen LogP contribution in [-0.2, 0) is 38.8 Å². The van der Waals surface area contributed by atoms with E-state index in [1.54, 1.807) is 0 Å². The predicted molar refractivity (Wildman–Crippen MR) is 176 cm³/mol. The highest BCUT2D eigenvalue weighted by Crippen LogP contribution is 2.42. The number of amides is 1. The van der Waals surface area contributed by atoms with Gasteiger partial charge in [0.05, 0.1) is 25.2 Å². The van der Waals surface area contributed by atoms with Gasteiger partial charge >= 0.3 is 5.97 Å². The molecule has 1 heterocycles. The Labute approximate surface area is 270 Å². The van der Waals surface area contributed by atoms with Crippen molar-refractivity contribution < 1.29 is 29.3 Å². The fraction of sp³-hybridized carbons (Fsp3) is 0.316. The Morgan fingerprint density at radius 3 is 2.20 bits per heavy atom. The number of benzene rings is 4. The average molecular weight is 623 g/mol. The summed E-state index contributed by atoms with van der Waals surface area (Å²) < 4.78 is 13.4. The Hall–Kier alpha value is -4.34. The number of nitrogens with zero attached hydrogens (tertiary/aromatic N) is 1. The van der Waals surface area contributed by atoms with Crippen LogP contribution >= 0.6 is 0 Å². The van der Waals surface area contributed by atoms with Gasteiger partial charge in [-0.05, 0) is 52.6 Å². The largest absolute Gasteiger partial charge is 0.481 e. The zero-order valence-corrected chi connectivity index (χ0v) is 26.3. The Morgan fingerprint density at radius 1 is 0.783 bits per heavy atom. The first-order valence-corrected chi connectivity index (χ1v) is 15.7. The molecule has 1 amide bonds. The van der Waals surface area contributed by atoms with Gasteiger partial charge in [0.1, 0.15) is 0 Å². The van der Waals surface area contributed by atoms with Gasteiger partial charge in [0.25, 0.3) is 0 Å². The second-order valence-corrected chi connectivity index (χ2v) is 12.0. The summed E-state index contributed by atoms with van der Waals surface area (Å²) in [5.41, 5.74) is 6.94. The van der Waals surface area contributed by atoms with Crippen LogP contribution in [0, 0.1) is 5.92 Å². The van der Waals surface area contributed by atoms with Crippen LogP contribution < -0.4 is 5.32 Å². The lowest BCUT2D eigenvalue weighted by Gasteiger charge is -2.42. The number of aliphatic hydroxyl groups excluding tert-OH is 1. The SMILES string of the molecule is C[C@H]1[C@@H](CN(C)Cc2ccccc2)O[C@@H](c2cccc(-c3cccc(CNC(=O)CCC(=O)O)c3)c2)O[C@H]1c1ccc(CO)cc1. The lowest BCUT2D eigenvalue weighted by molar-refractivity contribution is -0.276. The molecular formula is C38H42N2O6. The Kier molecular flexibility index (Phi) is 11.3. The zero-order chi connectivity index (χ0) is 32.5. The van der Waals surface area contributed by atoms with E-state index in [2.05, 4.69) is 54.5 Å². The maximum absolute atomic E-state index is 12.0. The Balaban J connectivity index is 1.35. The van der Waals surface area contributed by atoms with Crippen molar-refractivity contribution in [2.24, 2.45) is 5.92 Å². The molecule has 0 saturated carbocycles. The van der Waals surface area contributed by atoms with Gasteiger partial charge in [0.2, 0.25) is 5.91 Å². The molecule has 5 rings (SSSR count). The molecule has 1 aliphatic heterocycles. The summed E-state index contributed by atoms with van der Waals surface area (Å²) in [6.45, 7) is 4.00. The minimum absolute atomic E-state index is 0.00884. The molecule has 1 saturated heterocycles. The third-order valence-electron chi connectivity index (χ3n) is 8.39. The van der Waals surface area contributed by atoms with Gasteiger partial charge in [-0.25, -0.2) is 0 Å². The van der Waals surface area contributed by atoms with E-state index >= 15 is 0 Å². The van der Waals surface area contributed by atoms with E-state index in [-0.39, 0.29) is 43.5 Å². The number of hydrogen-bond donors (Lipinski definition) is 3. The summed E-state index contributed by atoms with van der Waals surface area (Å²) in [6, 6.07) is 34.4. The molecule has 1 fully saturated rings. The molecule has 0 aliphatic carbocycles. The second-order valence-electron chi connectivity index (χ2n) is 12.0. The standard InChI is InChI=1S/C38H42N2O6/c1-26-34(24-40(2)23-27-8-4-3-5-9-27)45-38(46-37(26)30-16-14-28(25-41)15-17-30)33-13-7-12-32(21-33)31-11-6-10-29(20-31)22-39-35(42)18-19-36(43)44/h3-17,20-21,26,34,37-38,41H,18-19,22-25H2,1-2H3,(H,39,42)(H,43,44)/t26-,34+,37+,38+/m0/s1. The third kappa shape index (κ3) is 8.89. The van der Waals surface area contributed by atoms with Crippen molar-refractivity contribution in [3.63, 3.8) is 0 Å². The molecule has 3 N–H and O–H groups in total. The molecule has 0 aromatic heterocycles. The van der Waals surface area contributed by atoms with Gasteiger partial charge in [-0.15, -0.1) is 0 Å². The molecule has 1 aliphatic rings. The minimum atomic E-state index is -0.992. The smallest absolute Gasteiger partial charge is 0.303 e. The summed E-state index contributed by atoms with van der Waals surface area (Å²) in [7, 11) is 2.11. The molecule has 0 bridgehead atoms. The number of nitrogens with one attached hydrogen (secondary N) is 1. The molecule has 46 heavy (non-hydrogen) atoms. The van der Waals surface area contributed by atoms with E-state index in [4.69, 9.17) is 14.6 Å². The first kappa shape index (κ1) is 33.0. The van der Waals surface area contributed by atoms with Gasteiger partial charge in [0, 0.05) is 37.5 Å². The monoisotopic (exact) mass is 622 g/mol. The van der Waals surface area contributed by atoms with Crippen molar-refractivity contribution in [1.29, 1.82) is 0 Å². The maximum atomic E-state index is 12.0. The zero-order valence-electron chi connectivity index (χ0n) is 26.3. The summed E-state index contributed by atoms with van der Waals surface area (Å²) in [5.74, 6) is -1.21. The quantitative estimate of drug-likeness (QED) is 0.162. The number of carbonyl (C=O) groups excluding carboxylic acids is 1. The summed E-state index contributed by atoms with van der Waals surface area (Å²) in [5, 5.41) is 21.2. The predicted octanol–water partition coefficient (Wildman–Crippen LogP) is 6.25. The van der Waals surface area contributed by atoms with Crippen LogP contribution in [0.15, 0.2) is 103 Å². The normalized spacial score (nSPS) is 19.6. The van der Waals surface area contributed by atoms with Crippen molar-refractivity contribution in [2.75, 3.05) is 13.6 Å². The van der Waals surface area contributed by atoms with Crippen LogP contribution in [0.5, 0.6) is 0 Å². The number of aliphatic hydroxyl groups is 1. The van der Waals surface area contributed by atoms with Crippen molar-refractivity contribution in [1.82, 2.24) is 10.2 Å². The Morgan fingerprint density at radius 2 is 1.48 bits per heavy atom. The summed E-state index contributed by atoms with van der Waals surface area (Å²) in [4.78, 5) is 25.1. The summed E-state index contributed by atoms with van der Waals surface area (Å²) in [6.07, 6.45) is -1.15. The van der Waals surface area contributed by atoms with E-state index in [1.807, 2.05) is 72.8 Å². The number of ether oxygens (including phenoxy) is 2. The fourth-order valence-electron chi connectivity index (χ4n) is 5.83. The first-order valence-electron chi connectivity index (χ1n) is 15.7. The van der Waals surface area contributed by atoms with E-state index in [9.17, 15) is 14.7 Å². The van der Waals surface area contributed by atoms with E-state index in [1.165, 1.54) is 5.56 Å². The molecule has 4 atom stereocenters. The number of carboxylic acids is 1. The molecule has 8 nitrogen and oxygen atoms in total. The maximum Gasteiger partial charge on any atom is 0.303 e. The number of hydrogen-bond acceptors (Lipinski definition) is 6. The number of likely N-dealkylation sites (N-methyl/N-ethyl adjacent to an activating group) is 1. The van der Waals surface area contributed by atoms with Crippen LogP contribution in [0.25, 0.3) is 11.1 Å². The van der Waals surface area contributed by atoms with E-state index < -0.39 is 12.3 Å². The fourth-order valence-corrected chi connectivity index (χ4v) is 5.83. The van der Waals surface area contributed by atoms with Gasteiger partial charge in [0.15, 0.2) is 6.29 Å². The van der Waals surface area contributed by atoms with Crippen LogP contribution in [-0.4, -0.2) is 46.7 Å². The molecule has 0 unspecified atom stereocenters. The van der Waals surface area contributed by atoms with E-state index in [0.29, 0.717) is 6.54 Å². The number of aliphatic carboxylic acids is 1. The van der Waals surface area contributed by atoms with Crippen LogP contribution in [0.1, 0.15) is 60.0 Å². The summed E-state index contributed by atoms with van der Waals surface area (Å²) >= 11 is 0. The van der Waals surface area contributed by atoms with Gasteiger partial charge in [-0.2, -0.15) is 0 Å². The first-order chi connectivity index (χ1) is 22.3. The molecule has 4 aromatic rings. The lowest BCUT2D eigenvalue weighted by atomic mass is 9.90. The van der Waals surface area contributed by atoms with Crippen molar-refractivity contribution in [3.8, 4) is 11.1 Å². The van der Waals surface area contributed by atoms with Gasteiger partial charge < -0.3 is 25.0 Å². The van der Waals surface area contributed by atoms with Crippen LogP contribution in [0.4, 0.5) is 0 Å². The van der Waals surface area contributed by atoms with Crippen LogP contribution in [0.3, 0.4) is 0 Å². The number of carbonyl (C=O) groups is 2. The lowest BCUT2D eigenvalue weighted by Crippen LogP contribution is -2.43. The minimum Gasteiger partial charge on any atom is -0.481 e. The molecule has 4 aromatic carbocycles. The second kappa shape index (κ2) is 15.8. The van der Waals surface area contributed by atoms with Gasteiger partial charge in [-0.3, -0.25) is 14.5 Å². The average Bonchev–Trinajstić information content (AvgIpc) is 3.08. The van der Waals surface area contributed by atoms with Crippen LogP contribution in [0.2, 0.25) is 0 Å². The highest BCUT2D eigenvalue weighted by molar-refractivity contribution is 5.80. The highest BCUT2D eigenvalue weighted by Gasteiger charge is 2.38. The molecule has 0 spiro atoms. The molecule has 240 valence electrons. The van der Waals surface area contributed by atoms with Crippen molar-refractivity contribution in [2.45, 2.75) is 58.0 Å². The van der Waals surface area contributed by atoms with Crippen molar-refractivity contribution >= 4 is 11.9 Å². The number of rotatable bonds is 13.